The molecular formula is C22H21ClFN7S. The fourth-order valence-electron chi connectivity index (χ4n) is 4.09. The first-order chi connectivity index (χ1) is 15.6. The third-order valence-electron chi connectivity index (χ3n) is 5.66. The predicted octanol–water partition coefficient (Wildman–Crippen LogP) is 5.43. The molecule has 1 aliphatic rings. The van der Waals surface area contributed by atoms with Crippen LogP contribution >= 0.6 is 23.4 Å². The third-order valence-corrected chi connectivity index (χ3v) is 6.93. The standard InChI is InChI=1S/C22H21ClFN7S/c1-14-10-11-18(24)19(12-14)31-20(25-28-29-31)13-32-22-27-26-21(16-8-4-5-9-17(16)23)30(22)15-6-2-3-7-15/h4-5,8-12,15H,2-3,6-7,13H2,1H3. The molecule has 1 fully saturated rings. The van der Waals surface area contributed by atoms with Crippen molar-refractivity contribution in [3.63, 3.8) is 0 Å². The van der Waals surface area contributed by atoms with E-state index in [1.807, 2.05) is 31.2 Å². The summed E-state index contributed by atoms with van der Waals surface area (Å²) >= 11 is 7.96. The summed E-state index contributed by atoms with van der Waals surface area (Å²) in [5, 5.41) is 22.3. The van der Waals surface area contributed by atoms with Crippen LogP contribution in [0.4, 0.5) is 4.39 Å². The third kappa shape index (κ3) is 4.02. The molecule has 2 aromatic carbocycles. The fraction of sp³-hybridized carbons (Fsp3) is 0.318. The van der Waals surface area contributed by atoms with Crippen LogP contribution in [0, 0.1) is 12.7 Å². The number of tetrazole rings is 1. The van der Waals surface area contributed by atoms with Gasteiger partial charge in [-0.3, -0.25) is 4.57 Å². The van der Waals surface area contributed by atoms with Crippen LogP contribution in [0.3, 0.4) is 0 Å². The molecule has 1 aliphatic carbocycles. The minimum atomic E-state index is -0.371. The SMILES string of the molecule is Cc1ccc(F)c(-n2nnnc2CSc2nnc(-c3ccccc3Cl)n2C2CCCC2)c1. The first kappa shape index (κ1) is 21.1. The van der Waals surface area contributed by atoms with Crippen molar-refractivity contribution in [3.05, 3.63) is 64.7 Å². The summed E-state index contributed by atoms with van der Waals surface area (Å²) in [7, 11) is 0. The molecule has 0 bridgehead atoms. The Kier molecular flexibility index (Phi) is 5.93. The van der Waals surface area contributed by atoms with Crippen LogP contribution in [0.1, 0.15) is 43.1 Å². The molecule has 0 aliphatic heterocycles. The van der Waals surface area contributed by atoms with E-state index < -0.39 is 0 Å². The second-order valence-electron chi connectivity index (χ2n) is 7.84. The van der Waals surface area contributed by atoms with Crippen LogP contribution < -0.4 is 0 Å². The van der Waals surface area contributed by atoms with Gasteiger partial charge in [-0.2, -0.15) is 4.68 Å². The average Bonchev–Trinajstić information content (AvgIpc) is 3.54. The van der Waals surface area contributed by atoms with Crippen molar-refractivity contribution in [2.24, 2.45) is 0 Å². The molecule has 10 heteroatoms. The molecule has 2 heterocycles. The van der Waals surface area contributed by atoms with E-state index in [-0.39, 0.29) is 5.82 Å². The van der Waals surface area contributed by atoms with E-state index in [1.54, 1.807) is 12.1 Å². The van der Waals surface area contributed by atoms with Gasteiger partial charge in [-0.15, -0.1) is 15.3 Å². The van der Waals surface area contributed by atoms with Gasteiger partial charge in [-0.1, -0.05) is 54.4 Å². The van der Waals surface area contributed by atoms with Gasteiger partial charge in [-0.05, 0) is 60.0 Å². The Morgan fingerprint density at radius 1 is 1.09 bits per heavy atom. The van der Waals surface area contributed by atoms with Gasteiger partial charge < -0.3 is 0 Å². The number of nitrogens with zero attached hydrogens (tertiary/aromatic N) is 7. The molecule has 0 saturated heterocycles. The normalized spacial score (nSPS) is 14.3. The molecule has 0 unspecified atom stereocenters. The maximum atomic E-state index is 14.4. The molecule has 0 atom stereocenters. The van der Waals surface area contributed by atoms with Crippen LogP contribution in [0.2, 0.25) is 5.02 Å². The van der Waals surface area contributed by atoms with Crippen molar-refractivity contribution in [2.45, 2.75) is 49.6 Å². The van der Waals surface area contributed by atoms with Gasteiger partial charge in [0.15, 0.2) is 16.8 Å². The minimum absolute atomic E-state index is 0.323. The zero-order valence-electron chi connectivity index (χ0n) is 17.4. The second-order valence-corrected chi connectivity index (χ2v) is 9.19. The summed E-state index contributed by atoms with van der Waals surface area (Å²) in [6, 6.07) is 12.9. The highest BCUT2D eigenvalue weighted by Gasteiger charge is 2.26. The Morgan fingerprint density at radius 2 is 1.91 bits per heavy atom. The molecule has 4 aromatic rings. The van der Waals surface area contributed by atoms with E-state index in [4.69, 9.17) is 11.6 Å². The van der Waals surface area contributed by atoms with Gasteiger partial charge in [0.25, 0.3) is 0 Å². The molecule has 0 N–H and O–H groups in total. The molecule has 7 nitrogen and oxygen atoms in total. The van der Waals surface area contributed by atoms with Gasteiger partial charge in [0.05, 0.1) is 10.8 Å². The van der Waals surface area contributed by atoms with Crippen molar-refractivity contribution in [2.75, 3.05) is 0 Å². The van der Waals surface area contributed by atoms with Gasteiger partial charge in [0.2, 0.25) is 0 Å². The summed E-state index contributed by atoms with van der Waals surface area (Å²) in [6.45, 7) is 1.90. The molecule has 1 saturated carbocycles. The van der Waals surface area contributed by atoms with Crippen LogP contribution in [-0.4, -0.2) is 35.0 Å². The molecular weight excluding hydrogens is 449 g/mol. The molecule has 5 rings (SSSR count). The van der Waals surface area contributed by atoms with Crippen LogP contribution in [0.25, 0.3) is 17.1 Å². The fourth-order valence-corrected chi connectivity index (χ4v) is 5.22. The van der Waals surface area contributed by atoms with E-state index in [1.165, 1.54) is 35.4 Å². The van der Waals surface area contributed by atoms with Crippen LogP contribution in [-0.2, 0) is 5.75 Å². The van der Waals surface area contributed by atoms with Crippen molar-refractivity contribution in [1.29, 1.82) is 0 Å². The summed E-state index contributed by atoms with van der Waals surface area (Å²) in [5.74, 6) is 1.37. The lowest BCUT2D eigenvalue weighted by molar-refractivity contribution is 0.485. The second kappa shape index (κ2) is 8.99. The number of rotatable bonds is 6. The first-order valence-electron chi connectivity index (χ1n) is 10.5. The number of hydrogen-bond acceptors (Lipinski definition) is 6. The van der Waals surface area contributed by atoms with E-state index in [0.717, 1.165) is 34.9 Å². The number of thioether (sulfide) groups is 1. The zero-order chi connectivity index (χ0) is 22.1. The number of aromatic nitrogens is 7. The summed E-state index contributed by atoms with van der Waals surface area (Å²) in [6.07, 6.45) is 4.52. The van der Waals surface area contributed by atoms with Gasteiger partial charge in [0, 0.05) is 11.6 Å². The Hall–Kier alpha value is -2.78. The maximum Gasteiger partial charge on any atom is 0.192 e. The quantitative estimate of drug-likeness (QED) is 0.350. The number of hydrogen-bond donors (Lipinski definition) is 0. The Bertz CT molecular complexity index is 1250. The van der Waals surface area contributed by atoms with Crippen LogP contribution in [0.5, 0.6) is 0 Å². The van der Waals surface area contributed by atoms with Gasteiger partial charge >= 0.3 is 0 Å². The Morgan fingerprint density at radius 3 is 2.72 bits per heavy atom. The van der Waals surface area contributed by atoms with Crippen LogP contribution in [0.15, 0.2) is 47.6 Å². The number of halogens is 2. The number of benzene rings is 2. The van der Waals surface area contributed by atoms with Crippen molar-refractivity contribution < 1.29 is 4.39 Å². The van der Waals surface area contributed by atoms with E-state index >= 15 is 0 Å². The summed E-state index contributed by atoms with van der Waals surface area (Å²) < 4.78 is 18.1. The lowest BCUT2D eigenvalue weighted by Crippen LogP contribution is -2.09. The molecule has 164 valence electrons. The molecule has 2 aromatic heterocycles. The highest BCUT2D eigenvalue weighted by molar-refractivity contribution is 7.98. The highest BCUT2D eigenvalue weighted by Crippen LogP contribution is 2.38. The van der Waals surface area contributed by atoms with E-state index in [2.05, 4.69) is 30.3 Å². The first-order valence-corrected chi connectivity index (χ1v) is 11.8. The topological polar surface area (TPSA) is 74.3 Å². The summed E-state index contributed by atoms with van der Waals surface area (Å²) in [5.41, 5.74) is 2.13. The van der Waals surface area contributed by atoms with Crippen molar-refractivity contribution in [1.82, 2.24) is 35.0 Å². The number of aryl methyl sites for hydroxylation is 1. The van der Waals surface area contributed by atoms with Gasteiger partial charge in [0.1, 0.15) is 11.5 Å². The predicted molar refractivity (Wildman–Crippen MR) is 121 cm³/mol. The van der Waals surface area contributed by atoms with Crippen molar-refractivity contribution >= 4 is 23.4 Å². The largest absolute Gasteiger partial charge is 0.299 e. The molecule has 32 heavy (non-hydrogen) atoms. The zero-order valence-corrected chi connectivity index (χ0v) is 19.0. The van der Waals surface area contributed by atoms with Crippen molar-refractivity contribution in [3.8, 4) is 17.1 Å². The molecule has 0 spiro atoms. The van der Waals surface area contributed by atoms with E-state index in [0.29, 0.717) is 28.3 Å². The lowest BCUT2D eigenvalue weighted by atomic mass is 10.2. The molecule has 0 radical (unpaired) electrons. The smallest absolute Gasteiger partial charge is 0.192 e. The Balaban J connectivity index is 1.47. The monoisotopic (exact) mass is 469 g/mol. The molecule has 0 amide bonds. The summed E-state index contributed by atoms with van der Waals surface area (Å²) in [4.78, 5) is 0. The lowest BCUT2D eigenvalue weighted by Gasteiger charge is -2.17. The van der Waals surface area contributed by atoms with E-state index in [9.17, 15) is 4.39 Å². The minimum Gasteiger partial charge on any atom is -0.299 e. The van der Waals surface area contributed by atoms with Gasteiger partial charge in [-0.25, -0.2) is 4.39 Å². The average molecular weight is 470 g/mol. The maximum absolute atomic E-state index is 14.4. The Labute approximate surface area is 194 Å². The highest BCUT2D eigenvalue weighted by atomic mass is 35.5.